The molecule has 33 heavy (non-hydrogen) atoms. The van der Waals surface area contributed by atoms with Crippen LogP contribution in [0.2, 0.25) is 18.1 Å². The van der Waals surface area contributed by atoms with Crippen molar-refractivity contribution in [2.75, 3.05) is 26.9 Å². The van der Waals surface area contributed by atoms with Crippen molar-refractivity contribution in [1.29, 1.82) is 0 Å². The third-order valence-electron chi connectivity index (χ3n) is 7.24. The maximum atomic E-state index is 12.9. The summed E-state index contributed by atoms with van der Waals surface area (Å²) in [6.45, 7) is 17.4. The van der Waals surface area contributed by atoms with Crippen LogP contribution in [0.15, 0.2) is 12.7 Å². The van der Waals surface area contributed by atoms with Crippen molar-refractivity contribution in [3.05, 3.63) is 12.7 Å². The summed E-state index contributed by atoms with van der Waals surface area (Å²) < 4.78 is 16.9. The summed E-state index contributed by atoms with van der Waals surface area (Å²) in [5.74, 6) is -0.217. The predicted molar refractivity (Wildman–Crippen MR) is 129 cm³/mol. The number of likely N-dealkylation sites (tertiary alicyclic amines) is 1. The second kappa shape index (κ2) is 11.1. The first-order valence-corrected chi connectivity index (χ1v) is 14.7. The monoisotopic (exact) mass is 482 g/mol. The van der Waals surface area contributed by atoms with Crippen LogP contribution in [0.1, 0.15) is 47.0 Å². The normalized spacial score (nSPS) is 26.4. The van der Waals surface area contributed by atoms with Gasteiger partial charge < -0.3 is 24.1 Å². The van der Waals surface area contributed by atoms with E-state index >= 15 is 0 Å². The highest BCUT2D eigenvalue weighted by Crippen LogP contribution is 2.39. The Morgan fingerprint density at radius 1 is 1.30 bits per heavy atom. The Hall–Kier alpha value is -1.71. The summed E-state index contributed by atoms with van der Waals surface area (Å²) in [4.78, 5) is 39.2. The van der Waals surface area contributed by atoms with E-state index in [2.05, 4.69) is 45.8 Å². The summed E-state index contributed by atoms with van der Waals surface area (Å²) >= 11 is 0. The molecule has 0 aromatic rings. The van der Waals surface area contributed by atoms with Crippen LogP contribution in [0.5, 0.6) is 0 Å². The molecule has 0 spiro atoms. The molecule has 0 aromatic heterocycles. The highest BCUT2D eigenvalue weighted by molar-refractivity contribution is 6.74. The molecular weight excluding hydrogens is 440 g/mol. The standard InChI is InChI=1S/C24H42N2O6Si/c1-9-10-31-23(29)26-14-17(11-18(26)15-30-6)12-19(27)13-20-21(22(28)25-20)16(2)32-33(7,8)24(3,4)5/h9,16-18,20-21H,1,10-15H2,2-8H3,(H,25,28)/t16-,17?,18+,20-,21-/m1/s1. The molecule has 1 N–H and O–H groups in total. The molecule has 2 saturated heterocycles. The lowest BCUT2D eigenvalue weighted by Crippen LogP contribution is -2.64. The van der Waals surface area contributed by atoms with Crippen molar-refractivity contribution >= 4 is 26.1 Å². The van der Waals surface area contributed by atoms with Crippen molar-refractivity contribution in [3.8, 4) is 0 Å². The minimum atomic E-state index is -2.02. The van der Waals surface area contributed by atoms with Crippen molar-refractivity contribution in [2.24, 2.45) is 11.8 Å². The van der Waals surface area contributed by atoms with Gasteiger partial charge in [-0.3, -0.25) is 9.59 Å². The first-order chi connectivity index (χ1) is 15.3. The van der Waals surface area contributed by atoms with E-state index in [4.69, 9.17) is 13.9 Å². The van der Waals surface area contributed by atoms with Gasteiger partial charge in [0.1, 0.15) is 12.4 Å². The van der Waals surface area contributed by atoms with Gasteiger partial charge in [-0.1, -0.05) is 33.4 Å². The number of methoxy groups -OCH3 is 1. The quantitative estimate of drug-likeness (QED) is 0.275. The van der Waals surface area contributed by atoms with Gasteiger partial charge in [0.15, 0.2) is 8.32 Å². The molecule has 2 aliphatic rings. The Balaban J connectivity index is 1.92. The Morgan fingerprint density at radius 3 is 2.52 bits per heavy atom. The maximum Gasteiger partial charge on any atom is 0.410 e. The average molecular weight is 483 g/mol. The molecule has 2 fully saturated rings. The molecule has 188 valence electrons. The number of nitrogens with zero attached hydrogens (tertiary/aromatic N) is 1. The highest BCUT2D eigenvalue weighted by Gasteiger charge is 2.48. The van der Waals surface area contributed by atoms with Gasteiger partial charge in [-0.2, -0.15) is 0 Å². The molecule has 0 radical (unpaired) electrons. The van der Waals surface area contributed by atoms with Gasteiger partial charge in [0, 0.05) is 32.5 Å². The fourth-order valence-electron chi connectivity index (χ4n) is 4.49. The number of rotatable bonds is 11. The van der Waals surface area contributed by atoms with E-state index in [0.717, 1.165) is 0 Å². The van der Waals surface area contributed by atoms with E-state index in [9.17, 15) is 14.4 Å². The third kappa shape index (κ3) is 6.89. The molecule has 0 aromatic carbocycles. The summed E-state index contributed by atoms with van der Waals surface area (Å²) in [6, 6.07) is -0.311. The fourth-order valence-corrected chi connectivity index (χ4v) is 5.92. The lowest BCUT2D eigenvalue weighted by molar-refractivity contribution is -0.141. The summed E-state index contributed by atoms with van der Waals surface area (Å²) in [7, 11) is -0.422. The molecule has 0 aliphatic carbocycles. The molecule has 2 rings (SSSR count). The van der Waals surface area contributed by atoms with Gasteiger partial charge in [0.2, 0.25) is 5.91 Å². The second-order valence-corrected chi connectivity index (χ2v) is 15.7. The number of β-lactam (4-membered cyclic amide) rings is 1. The first kappa shape index (κ1) is 27.5. The maximum absolute atomic E-state index is 12.9. The highest BCUT2D eigenvalue weighted by atomic mass is 28.4. The van der Waals surface area contributed by atoms with Crippen LogP contribution < -0.4 is 5.32 Å². The van der Waals surface area contributed by atoms with Crippen molar-refractivity contribution < 1.29 is 28.3 Å². The average Bonchev–Trinajstić information content (AvgIpc) is 3.06. The van der Waals surface area contributed by atoms with Crippen LogP contribution in [-0.2, 0) is 23.5 Å². The topological polar surface area (TPSA) is 94.2 Å². The largest absolute Gasteiger partial charge is 0.445 e. The zero-order chi connectivity index (χ0) is 25.0. The molecule has 5 atom stereocenters. The molecule has 9 heteroatoms. The number of hydrogen-bond acceptors (Lipinski definition) is 6. The van der Waals surface area contributed by atoms with E-state index in [1.165, 1.54) is 6.08 Å². The SMILES string of the molecule is C=CCOC(=O)N1CC(CC(=O)C[C@H]2NC(=O)[C@@H]2[C@@H](C)O[Si](C)(C)C(C)(C)C)C[C@H]1COC. The van der Waals surface area contributed by atoms with E-state index in [1.54, 1.807) is 12.0 Å². The van der Waals surface area contributed by atoms with Gasteiger partial charge >= 0.3 is 6.09 Å². The van der Waals surface area contributed by atoms with Crippen LogP contribution in [-0.4, -0.2) is 76.1 Å². The predicted octanol–water partition coefficient (Wildman–Crippen LogP) is 3.52. The summed E-state index contributed by atoms with van der Waals surface area (Å²) in [6.07, 6.45) is 2.23. The lowest BCUT2D eigenvalue weighted by Gasteiger charge is -2.45. The van der Waals surface area contributed by atoms with Crippen LogP contribution in [0.3, 0.4) is 0 Å². The second-order valence-electron chi connectivity index (χ2n) is 10.9. The first-order valence-electron chi connectivity index (χ1n) is 11.8. The number of amides is 2. The number of ether oxygens (including phenoxy) is 2. The smallest absolute Gasteiger partial charge is 0.410 e. The van der Waals surface area contributed by atoms with Crippen LogP contribution in [0.4, 0.5) is 4.79 Å². The molecule has 0 bridgehead atoms. The number of carbonyl (C=O) groups is 3. The zero-order valence-corrected chi connectivity index (χ0v) is 22.3. The molecule has 2 amide bonds. The Morgan fingerprint density at radius 2 is 1.97 bits per heavy atom. The lowest BCUT2D eigenvalue weighted by atomic mass is 9.82. The molecule has 0 saturated carbocycles. The summed E-state index contributed by atoms with van der Waals surface area (Å²) in [5, 5.41) is 2.94. The van der Waals surface area contributed by atoms with Gasteiger partial charge in [0.05, 0.1) is 24.7 Å². The van der Waals surface area contributed by atoms with Crippen molar-refractivity contribution in [3.63, 3.8) is 0 Å². The van der Waals surface area contributed by atoms with E-state index in [1.807, 2.05) is 6.92 Å². The van der Waals surface area contributed by atoms with Gasteiger partial charge in [-0.15, -0.1) is 0 Å². The number of hydrogen-bond donors (Lipinski definition) is 1. The Labute approximate surface area is 199 Å². The third-order valence-corrected chi connectivity index (χ3v) is 11.8. The van der Waals surface area contributed by atoms with Gasteiger partial charge in [0.25, 0.3) is 0 Å². The number of nitrogens with one attached hydrogen (secondary N) is 1. The van der Waals surface area contributed by atoms with Crippen LogP contribution in [0, 0.1) is 11.8 Å². The van der Waals surface area contributed by atoms with Gasteiger partial charge in [-0.05, 0) is 37.4 Å². The van der Waals surface area contributed by atoms with Crippen LogP contribution >= 0.6 is 0 Å². The van der Waals surface area contributed by atoms with Gasteiger partial charge in [-0.25, -0.2) is 4.79 Å². The Kier molecular flexibility index (Phi) is 9.29. The van der Waals surface area contributed by atoms with E-state index in [-0.39, 0.29) is 59.8 Å². The number of ketones is 1. The van der Waals surface area contributed by atoms with E-state index < -0.39 is 14.4 Å². The van der Waals surface area contributed by atoms with Crippen molar-refractivity contribution in [1.82, 2.24) is 10.2 Å². The van der Waals surface area contributed by atoms with E-state index in [0.29, 0.717) is 26.0 Å². The number of carbonyl (C=O) groups excluding carboxylic acids is 3. The number of Topliss-reactive ketones (excluding diaryl/α,β-unsaturated/α-hetero) is 1. The minimum absolute atomic E-state index is 0.0452. The van der Waals surface area contributed by atoms with Crippen molar-refractivity contribution in [2.45, 2.75) is 83.3 Å². The molecule has 2 aliphatic heterocycles. The minimum Gasteiger partial charge on any atom is -0.445 e. The van der Waals surface area contributed by atoms with Crippen LogP contribution in [0.25, 0.3) is 0 Å². The molecule has 2 heterocycles. The molecule has 8 nitrogen and oxygen atoms in total. The fraction of sp³-hybridized carbons (Fsp3) is 0.792. The zero-order valence-electron chi connectivity index (χ0n) is 21.3. The molecular formula is C24H42N2O6Si. The summed E-state index contributed by atoms with van der Waals surface area (Å²) in [5.41, 5.74) is 0. The Bertz CT molecular complexity index is 735. The molecule has 1 unspecified atom stereocenters.